The summed E-state index contributed by atoms with van der Waals surface area (Å²) in [4.78, 5) is 35.3. The lowest BCUT2D eigenvalue weighted by molar-refractivity contribution is -0.326. The molecule has 7 rings (SSSR count). The van der Waals surface area contributed by atoms with E-state index in [9.17, 15) is 9.59 Å². The molecule has 3 aliphatic rings. The van der Waals surface area contributed by atoms with Crippen molar-refractivity contribution in [2.45, 2.75) is 57.2 Å². The van der Waals surface area contributed by atoms with Crippen molar-refractivity contribution in [3.8, 4) is 11.5 Å². The molecule has 55 heavy (non-hydrogen) atoms. The van der Waals surface area contributed by atoms with E-state index in [0.717, 1.165) is 52.0 Å². The Bertz CT molecular complexity index is 1980. The van der Waals surface area contributed by atoms with Crippen LogP contribution < -0.4 is 9.47 Å². The lowest BCUT2D eigenvalue weighted by Crippen LogP contribution is -2.34. The minimum absolute atomic E-state index is 0.230. The number of rotatable bonds is 12. The zero-order valence-electron chi connectivity index (χ0n) is 31.1. The van der Waals surface area contributed by atoms with Crippen LogP contribution in [0.4, 0.5) is 0 Å². The van der Waals surface area contributed by atoms with Crippen molar-refractivity contribution in [1.82, 2.24) is 0 Å². The molecule has 4 aromatic carbocycles. The van der Waals surface area contributed by atoms with Gasteiger partial charge < -0.3 is 23.7 Å². The SMILES string of the molecule is C=Cc1ccc(/C=C/COOC2COC3C(OC(=O)/C=C\c4ccc(C)cc4)COC23)cc1.C=Cc1ccc(OC(=O)c2ccc3c(c2)CCC(C)O3)cc1. The van der Waals surface area contributed by atoms with Crippen molar-refractivity contribution in [2.24, 2.45) is 0 Å². The zero-order chi connectivity index (χ0) is 38.6. The van der Waals surface area contributed by atoms with Gasteiger partial charge in [-0.1, -0.05) is 104 Å². The third kappa shape index (κ3) is 11.0. The summed E-state index contributed by atoms with van der Waals surface area (Å²) >= 11 is 0. The van der Waals surface area contributed by atoms with E-state index in [2.05, 4.69) is 20.1 Å². The van der Waals surface area contributed by atoms with Crippen LogP contribution >= 0.6 is 0 Å². The summed E-state index contributed by atoms with van der Waals surface area (Å²) in [6.45, 7) is 12.4. The second-order valence-electron chi connectivity index (χ2n) is 13.5. The number of hydrogen-bond acceptors (Lipinski definition) is 9. The maximum Gasteiger partial charge on any atom is 0.343 e. The van der Waals surface area contributed by atoms with Crippen molar-refractivity contribution in [3.63, 3.8) is 0 Å². The standard InChI is InChI=1S/C27H28O6.C19H18O3/c1-3-20-10-12-21(13-11-20)5-4-16-31-33-24-18-30-26-23(17-29-27(24)26)32-25(28)15-14-22-8-6-19(2)7-9-22;1-3-14-5-9-17(10-6-14)22-19(20)16-8-11-18-15(12-16)7-4-13(2)21-18/h3-15,23-24,26-27H,1,16-18H2,2H3;3,5-6,8-13H,1,4,7H2,2H3/b5-4+,15-14-;. The summed E-state index contributed by atoms with van der Waals surface area (Å²) in [5, 5.41) is 0. The maximum absolute atomic E-state index is 12.2. The molecule has 5 atom stereocenters. The molecule has 0 saturated carbocycles. The summed E-state index contributed by atoms with van der Waals surface area (Å²) in [6.07, 6.45) is 11.1. The number of fused-ring (bicyclic) bond motifs is 2. The second-order valence-corrected chi connectivity index (χ2v) is 13.5. The van der Waals surface area contributed by atoms with Gasteiger partial charge in [-0.3, -0.25) is 0 Å². The molecular weight excluding hydrogens is 696 g/mol. The van der Waals surface area contributed by atoms with Crippen molar-refractivity contribution in [2.75, 3.05) is 19.8 Å². The van der Waals surface area contributed by atoms with Gasteiger partial charge in [0.15, 0.2) is 6.10 Å². The highest BCUT2D eigenvalue weighted by Crippen LogP contribution is 2.31. The van der Waals surface area contributed by atoms with E-state index < -0.39 is 12.1 Å². The van der Waals surface area contributed by atoms with E-state index in [-0.39, 0.29) is 37.0 Å². The molecule has 0 N–H and O–H groups in total. The summed E-state index contributed by atoms with van der Waals surface area (Å²) < 4.78 is 28.2. The molecule has 0 aliphatic carbocycles. The number of carbonyl (C=O) groups excluding carboxylic acids is 2. The van der Waals surface area contributed by atoms with Gasteiger partial charge in [-0.05, 0) is 90.9 Å². The first-order valence-electron chi connectivity index (χ1n) is 18.4. The third-order valence-electron chi connectivity index (χ3n) is 9.33. The summed E-state index contributed by atoms with van der Waals surface area (Å²) in [7, 11) is 0. The Morgan fingerprint density at radius 2 is 1.40 bits per heavy atom. The minimum atomic E-state index is -0.475. The summed E-state index contributed by atoms with van der Waals surface area (Å²) in [6, 6.07) is 28.6. The average molecular weight is 743 g/mol. The number of carbonyl (C=O) groups is 2. The largest absolute Gasteiger partial charge is 0.490 e. The molecule has 0 bridgehead atoms. The fraction of sp³-hybridized carbons (Fsp3) is 0.261. The third-order valence-corrected chi connectivity index (χ3v) is 9.33. The first kappa shape index (κ1) is 39.1. The van der Waals surface area contributed by atoms with Crippen LogP contribution in [0.3, 0.4) is 0 Å². The normalized spacial score (nSPS) is 21.2. The molecule has 284 valence electrons. The Labute approximate surface area is 322 Å². The van der Waals surface area contributed by atoms with E-state index in [1.54, 1.807) is 36.4 Å². The van der Waals surface area contributed by atoms with Gasteiger partial charge in [-0.2, -0.15) is 0 Å². The van der Waals surface area contributed by atoms with Crippen LogP contribution in [0.15, 0.2) is 116 Å². The number of hydrogen-bond donors (Lipinski definition) is 0. The molecule has 3 heterocycles. The van der Waals surface area contributed by atoms with Gasteiger partial charge in [-0.15, -0.1) is 0 Å². The molecule has 9 heteroatoms. The predicted molar refractivity (Wildman–Crippen MR) is 212 cm³/mol. The van der Waals surface area contributed by atoms with Gasteiger partial charge in [0.25, 0.3) is 0 Å². The Kier molecular flexibility index (Phi) is 13.6. The lowest BCUT2D eigenvalue weighted by atomic mass is 10.0. The number of ether oxygens (including phenoxy) is 5. The Morgan fingerprint density at radius 3 is 2.11 bits per heavy atom. The van der Waals surface area contributed by atoms with Crippen LogP contribution in [0.25, 0.3) is 24.3 Å². The topological polar surface area (TPSA) is 98.8 Å². The molecule has 2 fully saturated rings. The van der Waals surface area contributed by atoms with Crippen LogP contribution in [-0.2, 0) is 35.2 Å². The predicted octanol–water partition coefficient (Wildman–Crippen LogP) is 8.65. The highest BCUT2D eigenvalue weighted by molar-refractivity contribution is 5.91. The smallest absolute Gasteiger partial charge is 0.343 e. The van der Waals surface area contributed by atoms with Gasteiger partial charge in [0, 0.05) is 6.08 Å². The van der Waals surface area contributed by atoms with Crippen molar-refractivity contribution in [1.29, 1.82) is 0 Å². The van der Waals surface area contributed by atoms with E-state index >= 15 is 0 Å². The van der Waals surface area contributed by atoms with Crippen LogP contribution in [-0.4, -0.2) is 62.3 Å². The second kappa shape index (κ2) is 19.1. The Morgan fingerprint density at radius 1 is 0.782 bits per heavy atom. The van der Waals surface area contributed by atoms with E-state index in [4.69, 9.17) is 33.5 Å². The van der Waals surface area contributed by atoms with Crippen LogP contribution in [0.2, 0.25) is 0 Å². The monoisotopic (exact) mass is 742 g/mol. The molecule has 5 unspecified atom stereocenters. The Hall–Kier alpha value is -5.58. The number of esters is 2. The molecule has 0 spiro atoms. The highest BCUT2D eigenvalue weighted by Gasteiger charge is 2.50. The van der Waals surface area contributed by atoms with Crippen LogP contribution in [0.5, 0.6) is 11.5 Å². The number of benzene rings is 4. The molecule has 4 aromatic rings. The van der Waals surface area contributed by atoms with Gasteiger partial charge >= 0.3 is 11.9 Å². The fourth-order valence-electron chi connectivity index (χ4n) is 6.23. The Balaban J connectivity index is 0.000000203. The van der Waals surface area contributed by atoms with E-state index in [1.807, 2.05) is 91.9 Å². The van der Waals surface area contributed by atoms with Crippen LogP contribution in [0.1, 0.15) is 57.1 Å². The summed E-state index contributed by atoms with van der Waals surface area (Å²) in [5.41, 5.74) is 6.83. The van der Waals surface area contributed by atoms with Gasteiger partial charge in [-0.25, -0.2) is 19.4 Å². The van der Waals surface area contributed by atoms with Gasteiger partial charge in [0.2, 0.25) is 0 Å². The minimum Gasteiger partial charge on any atom is -0.490 e. The quantitative estimate of drug-likeness (QED) is 0.0353. The molecule has 0 radical (unpaired) electrons. The van der Waals surface area contributed by atoms with Crippen molar-refractivity contribution < 1.29 is 43.0 Å². The first-order chi connectivity index (χ1) is 26.8. The molecule has 0 amide bonds. The molecular formula is C46H46O9. The van der Waals surface area contributed by atoms with Gasteiger partial charge in [0.05, 0.1) is 24.9 Å². The van der Waals surface area contributed by atoms with E-state index in [0.29, 0.717) is 24.5 Å². The van der Waals surface area contributed by atoms with Crippen molar-refractivity contribution in [3.05, 3.63) is 155 Å². The molecule has 3 aliphatic heterocycles. The molecule has 2 saturated heterocycles. The lowest BCUT2D eigenvalue weighted by Gasteiger charge is -2.23. The van der Waals surface area contributed by atoms with E-state index in [1.165, 1.54) is 6.08 Å². The highest BCUT2D eigenvalue weighted by atomic mass is 17.2. The zero-order valence-corrected chi connectivity index (χ0v) is 31.1. The van der Waals surface area contributed by atoms with Crippen LogP contribution in [0, 0.1) is 6.92 Å². The molecule has 0 aromatic heterocycles. The number of aryl methyl sites for hydroxylation is 2. The first-order valence-corrected chi connectivity index (χ1v) is 18.4. The summed E-state index contributed by atoms with van der Waals surface area (Å²) in [5.74, 6) is 0.608. The molecule has 9 nitrogen and oxygen atoms in total. The fourth-order valence-corrected chi connectivity index (χ4v) is 6.23. The maximum atomic E-state index is 12.2. The van der Waals surface area contributed by atoms with Gasteiger partial charge in [0.1, 0.15) is 36.4 Å². The van der Waals surface area contributed by atoms with Crippen molar-refractivity contribution >= 4 is 36.2 Å². The average Bonchev–Trinajstić information content (AvgIpc) is 3.80.